The maximum absolute atomic E-state index is 11.0. The molecule has 0 aliphatic carbocycles. The monoisotopic (exact) mass is 332 g/mol. The highest BCUT2D eigenvalue weighted by Gasteiger charge is 2.19. The minimum Gasteiger partial charge on any atom is -0.507 e. The Labute approximate surface area is 135 Å². The van der Waals surface area contributed by atoms with Crippen LogP contribution in [0.25, 0.3) is 0 Å². The molecule has 0 saturated carbocycles. The number of nitrogens with zero attached hydrogens (tertiary/aromatic N) is 3. The lowest BCUT2D eigenvalue weighted by Gasteiger charge is -2.04. The van der Waals surface area contributed by atoms with Crippen LogP contribution in [0.5, 0.6) is 11.5 Å². The van der Waals surface area contributed by atoms with E-state index < -0.39 is 21.2 Å². The number of nitro groups is 2. The molecule has 10 heteroatoms. The molecule has 0 amide bonds. The Morgan fingerprint density at radius 3 is 2.54 bits per heavy atom. The largest absolute Gasteiger partial charge is 0.507 e. The van der Waals surface area contributed by atoms with E-state index in [0.29, 0.717) is 11.3 Å². The van der Waals surface area contributed by atoms with E-state index in [2.05, 4.69) is 10.5 Å². The van der Waals surface area contributed by atoms with E-state index in [-0.39, 0.29) is 11.4 Å². The highest BCUT2D eigenvalue weighted by atomic mass is 16.6. The third-order valence-electron chi connectivity index (χ3n) is 3.01. The second-order valence-electron chi connectivity index (χ2n) is 4.51. The highest BCUT2D eigenvalue weighted by molar-refractivity contribution is 5.84. The average Bonchev–Trinajstić information content (AvgIpc) is 2.56. The number of aromatic hydroxyl groups is 1. The van der Waals surface area contributed by atoms with Gasteiger partial charge in [0.1, 0.15) is 17.2 Å². The van der Waals surface area contributed by atoms with Crippen molar-refractivity contribution in [3.05, 3.63) is 62.2 Å². The molecule has 0 spiro atoms. The molecule has 0 atom stereocenters. The Balaban J connectivity index is 2.25. The first-order valence-electron chi connectivity index (χ1n) is 6.51. The lowest BCUT2D eigenvalue weighted by molar-refractivity contribution is -0.393. The second kappa shape index (κ2) is 7.05. The van der Waals surface area contributed by atoms with E-state index in [1.807, 2.05) is 0 Å². The molecule has 2 N–H and O–H groups in total. The molecule has 0 aliphatic rings. The van der Waals surface area contributed by atoms with Gasteiger partial charge in [-0.1, -0.05) is 0 Å². The van der Waals surface area contributed by atoms with Crippen LogP contribution in [-0.4, -0.2) is 28.3 Å². The van der Waals surface area contributed by atoms with E-state index in [1.165, 1.54) is 31.5 Å². The standard InChI is InChI=1S/C14H12N4O6/c1-24-11-3-5-14(19)9(6-11)8-15-16-12-4-2-10(17(20)21)7-13(12)18(22)23/h2-8,16,19H,1H3/b15-8-. The predicted octanol–water partition coefficient (Wildman–Crippen LogP) is 2.66. The van der Waals surface area contributed by atoms with Crippen LogP contribution in [0.3, 0.4) is 0 Å². The van der Waals surface area contributed by atoms with Gasteiger partial charge in [-0.05, 0) is 24.3 Å². The minimum atomic E-state index is -0.756. The average molecular weight is 332 g/mol. The molecule has 2 aromatic rings. The Bertz CT molecular complexity index is 821. The van der Waals surface area contributed by atoms with Crippen LogP contribution < -0.4 is 10.2 Å². The summed E-state index contributed by atoms with van der Waals surface area (Å²) in [5.74, 6) is 0.440. The maximum atomic E-state index is 11.0. The van der Waals surface area contributed by atoms with Gasteiger partial charge < -0.3 is 9.84 Å². The number of hydrogen-bond acceptors (Lipinski definition) is 8. The molecule has 0 bridgehead atoms. The number of anilines is 1. The topological polar surface area (TPSA) is 140 Å². The maximum Gasteiger partial charge on any atom is 0.301 e. The third-order valence-corrected chi connectivity index (χ3v) is 3.01. The van der Waals surface area contributed by atoms with E-state index in [9.17, 15) is 25.3 Å². The molecule has 0 unspecified atom stereocenters. The molecule has 124 valence electrons. The number of non-ortho nitro benzene ring substituents is 1. The van der Waals surface area contributed by atoms with Crippen molar-refractivity contribution >= 4 is 23.3 Å². The van der Waals surface area contributed by atoms with Crippen LogP contribution in [-0.2, 0) is 0 Å². The Hall–Kier alpha value is -3.69. The van der Waals surface area contributed by atoms with E-state index in [4.69, 9.17) is 4.74 Å². The number of benzene rings is 2. The summed E-state index contributed by atoms with van der Waals surface area (Å²) in [5, 5.41) is 35.2. The van der Waals surface area contributed by atoms with Crippen LogP contribution in [0.2, 0.25) is 0 Å². The van der Waals surface area contributed by atoms with Crippen LogP contribution >= 0.6 is 0 Å². The van der Waals surface area contributed by atoms with Crippen molar-refractivity contribution in [1.29, 1.82) is 0 Å². The summed E-state index contributed by atoms with van der Waals surface area (Å²) in [6.45, 7) is 0. The smallest absolute Gasteiger partial charge is 0.301 e. The number of nitrogens with one attached hydrogen (secondary N) is 1. The number of nitro benzene ring substituents is 2. The molecular formula is C14H12N4O6. The summed E-state index contributed by atoms with van der Waals surface area (Å²) in [4.78, 5) is 20.2. The number of methoxy groups -OCH3 is 1. The van der Waals surface area contributed by atoms with Gasteiger partial charge in [0.25, 0.3) is 5.69 Å². The van der Waals surface area contributed by atoms with Crippen molar-refractivity contribution in [3.63, 3.8) is 0 Å². The van der Waals surface area contributed by atoms with Crippen LogP contribution in [0.15, 0.2) is 41.5 Å². The van der Waals surface area contributed by atoms with E-state index >= 15 is 0 Å². The molecule has 0 aliphatic heterocycles. The zero-order valence-electron chi connectivity index (χ0n) is 12.4. The number of rotatable bonds is 6. The summed E-state index contributed by atoms with van der Waals surface area (Å²) in [6, 6.07) is 7.62. The molecule has 24 heavy (non-hydrogen) atoms. The van der Waals surface area contributed by atoms with Crippen LogP contribution in [0.1, 0.15) is 5.56 Å². The quantitative estimate of drug-likeness (QED) is 0.470. The normalized spacial score (nSPS) is 10.5. The van der Waals surface area contributed by atoms with Crippen molar-refractivity contribution < 1.29 is 19.7 Å². The number of ether oxygens (including phenoxy) is 1. The van der Waals surface area contributed by atoms with Gasteiger partial charge in [0.2, 0.25) is 0 Å². The summed E-state index contributed by atoms with van der Waals surface area (Å²) in [5.41, 5.74) is 1.84. The molecular weight excluding hydrogens is 320 g/mol. The first kappa shape index (κ1) is 16.7. The third kappa shape index (κ3) is 3.74. The van der Waals surface area contributed by atoms with Gasteiger partial charge in [-0.15, -0.1) is 0 Å². The number of phenolic OH excluding ortho intramolecular Hbond substituents is 1. The zero-order chi connectivity index (χ0) is 17.7. The van der Waals surface area contributed by atoms with Gasteiger partial charge in [0.15, 0.2) is 0 Å². The lowest BCUT2D eigenvalue weighted by atomic mass is 10.2. The fourth-order valence-electron chi connectivity index (χ4n) is 1.81. The van der Waals surface area contributed by atoms with Crippen molar-refractivity contribution in [1.82, 2.24) is 0 Å². The second-order valence-corrected chi connectivity index (χ2v) is 4.51. The van der Waals surface area contributed by atoms with Gasteiger partial charge in [0, 0.05) is 11.6 Å². The summed E-state index contributed by atoms with van der Waals surface area (Å²) >= 11 is 0. The van der Waals surface area contributed by atoms with Gasteiger partial charge in [-0.2, -0.15) is 5.10 Å². The Kier molecular flexibility index (Phi) is 4.90. The molecule has 0 saturated heterocycles. The van der Waals surface area contributed by atoms with Crippen molar-refractivity contribution in [2.75, 3.05) is 12.5 Å². The van der Waals surface area contributed by atoms with Gasteiger partial charge in [-0.3, -0.25) is 25.7 Å². The van der Waals surface area contributed by atoms with E-state index in [0.717, 1.165) is 12.1 Å². The molecule has 2 rings (SSSR count). The van der Waals surface area contributed by atoms with Gasteiger partial charge in [0.05, 0.1) is 29.2 Å². The summed E-state index contributed by atoms with van der Waals surface area (Å²) < 4.78 is 5.01. The molecule has 0 radical (unpaired) electrons. The molecule has 0 fully saturated rings. The molecule has 0 aromatic heterocycles. The first-order valence-corrected chi connectivity index (χ1v) is 6.51. The zero-order valence-corrected chi connectivity index (χ0v) is 12.4. The number of hydrazone groups is 1. The Morgan fingerprint density at radius 2 is 1.92 bits per heavy atom. The SMILES string of the molecule is COc1ccc(O)c(/C=N\Nc2ccc([N+](=O)[O-])cc2[N+](=O)[O-])c1. The van der Waals surface area contributed by atoms with E-state index in [1.54, 1.807) is 6.07 Å². The number of hydrogen-bond donors (Lipinski definition) is 2. The Morgan fingerprint density at radius 1 is 1.17 bits per heavy atom. The van der Waals surface area contributed by atoms with Gasteiger partial charge in [-0.25, -0.2) is 0 Å². The lowest BCUT2D eigenvalue weighted by Crippen LogP contribution is -1.99. The first-order chi connectivity index (χ1) is 11.4. The molecule has 10 nitrogen and oxygen atoms in total. The van der Waals surface area contributed by atoms with Crippen molar-refractivity contribution in [2.24, 2.45) is 5.10 Å². The van der Waals surface area contributed by atoms with Crippen molar-refractivity contribution in [2.45, 2.75) is 0 Å². The van der Waals surface area contributed by atoms with Gasteiger partial charge >= 0.3 is 5.69 Å². The number of phenols is 1. The summed E-state index contributed by atoms with van der Waals surface area (Å²) in [7, 11) is 1.46. The molecule has 2 aromatic carbocycles. The fourth-order valence-corrected chi connectivity index (χ4v) is 1.81. The summed E-state index contributed by atoms with van der Waals surface area (Å²) in [6.07, 6.45) is 1.24. The van der Waals surface area contributed by atoms with Crippen LogP contribution in [0.4, 0.5) is 17.1 Å². The van der Waals surface area contributed by atoms with Crippen LogP contribution in [0, 0.1) is 20.2 Å². The fraction of sp³-hybridized carbons (Fsp3) is 0.0714. The minimum absolute atomic E-state index is 0.0239. The molecule has 0 heterocycles. The van der Waals surface area contributed by atoms with Crippen molar-refractivity contribution in [3.8, 4) is 11.5 Å². The highest BCUT2D eigenvalue weighted by Crippen LogP contribution is 2.29. The predicted molar refractivity (Wildman–Crippen MR) is 85.6 cm³/mol.